The number of hydrogen-bond acceptors (Lipinski definition) is 5. The third-order valence-electron chi connectivity index (χ3n) is 22.0. The molecule has 1 heterocycles. The Balaban J connectivity index is 0.925. The zero-order valence-corrected chi connectivity index (χ0v) is 58.0. The minimum atomic E-state index is -4.09. The van der Waals surface area contributed by atoms with Crippen LogP contribution in [0.2, 0.25) is 32.7 Å². The fourth-order valence-electron chi connectivity index (χ4n) is 18.2. The van der Waals surface area contributed by atoms with Gasteiger partial charge in [-0.05, 0) is 194 Å². The van der Waals surface area contributed by atoms with Gasteiger partial charge in [-0.1, -0.05) is 273 Å². The van der Waals surface area contributed by atoms with Crippen LogP contribution in [-0.4, -0.2) is 42.8 Å². The van der Waals surface area contributed by atoms with Crippen LogP contribution >= 0.6 is 0 Å². The summed E-state index contributed by atoms with van der Waals surface area (Å²) < 4.78 is 44.6. The standard InChI is InChI=1S/C85H60O5Si5/c1-91(71-46-36-61-26-21-51-11-6-16-56-31-41-66(71)81(61)76(51)56)86-92(2,72-47-37-62-27-22-52-12-7-17-57-32-42-67(72)82(62)77(52)57)88-94(4,74-49-39-64-29-24-54-14-9-19-59-34-44-69(74)84(64)79(54)59)90-95(5,75-50-40-65-30-25-55-15-10-20-60-35-45-70(75)85(65)80(55)60)89-93(3,87-91)73-48-38-63-28-23-53-13-8-18-58-33-43-68(73)83(63)78(53)58/h6-50H,1-5H3. The molecule has 0 saturated carbocycles. The SMILES string of the molecule is C[Si]1(c2ccc3ccc4cccc5ccc2c3c45)O[Si](C)(c2ccc3ccc4cccc5ccc2c3c45)O[Si](C)(c2ccc3ccc4cccc5ccc2c3c45)O[Si](C)(c2ccc3ccc4cccc5ccc2c3c45)O[Si](C)(c2ccc3ccc4cccc5ccc2c3c45)O1. The molecule has 10 heteroatoms. The first kappa shape index (κ1) is 54.8. The second kappa shape index (κ2) is 19.1. The van der Waals surface area contributed by atoms with Crippen LogP contribution in [0.3, 0.4) is 0 Å². The average Bonchev–Trinajstić information content (AvgIpc) is 0.702. The van der Waals surface area contributed by atoms with Crippen LogP contribution in [0.1, 0.15) is 0 Å². The highest BCUT2D eigenvalue weighted by molar-refractivity contribution is 7.07. The van der Waals surface area contributed by atoms with E-state index in [1.807, 2.05) is 0 Å². The Morgan fingerprint density at radius 1 is 0.147 bits per heavy atom. The summed E-state index contributed by atoms with van der Waals surface area (Å²) in [6.07, 6.45) is 0. The minimum absolute atomic E-state index is 1.04. The zero-order chi connectivity index (χ0) is 63.1. The van der Waals surface area contributed by atoms with Crippen LogP contribution in [0.5, 0.6) is 0 Å². The Morgan fingerprint density at radius 3 is 0.432 bits per heavy atom. The molecule has 0 spiro atoms. The first-order chi connectivity index (χ1) is 46.3. The summed E-state index contributed by atoms with van der Waals surface area (Å²) in [4.78, 5) is 0. The number of hydrogen-bond donors (Lipinski definition) is 0. The van der Waals surface area contributed by atoms with Crippen molar-refractivity contribution in [2.75, 3.05) is 0 Å². The Labute approximate surface area is 552 Å². The predicted octanol–water partition coefficient (Wildman–Crippen LogP) is 19.5. The van der Waals surface area contributed by atoms with E-state index in [9.17, 15) is 0 Å². The van der Waals surface area contributed by atoms with Crippen molar-refractivity contribution in [2.24, 2.45) is 0 Å². The lowest BCUT2D eigenvalue weighted by atomic mass is 9.94. The van der Waals surface area contributed by atoms with Crippen molar-refractivity contribution in [3.63, 3.8) is 0 Å². The van der Waals surface area contributed by atoms with Gasteiger partial charge in [-0.2, -0.15) is 0 Å². The number of rotatable bonds is 5. The topological polar surface area (TPSA) is 46.2 Å². The quantitative estimate of drug-likeness (QED) is 0.127. The molecule has 1 fully saturated rings. The van der Waals surface area contributed by atoms with E-state index in [0.717, 1.165) is 52.9 Å². The molecule has 1 aliphatic heterocycles. The summed E-state index contributed by atoms with van der Waals surface area (Å²) in [5.41, 5.74) is 0. The van der Waals surface area contributed by atoms with Gasteiger partial charge in [0.25, 0.3) is 0 Å². The van der Waals surface area contributed by atoms with E-state index in [0.29, 0.717) is 0 Å². The molecule has 0 N–H and O–H groups in total. The highest BCUT2D eigenvalue weighted by Crippen LogP contribution is 2.45. The summed E-state index contributed by atoms with van der Waals surface area (Å²) in [7, 11) is -20.4. The van der Waals surface area contributed by atoms with Gasteiger partial charge in [0.2, 0.25) is 0 Å². The maximum absolute atomic E-state index is 8.92. The van der Waals surface area contributed by atoms with E-state index < -0.39 is 42.8 Å². The molecule has 0 aliphatic carbocycles. The summed E-state index contributed by atoms with van der Waals surface area (Å²) in [6, 6.07) is 103. The van der Waals surface area contributed by atoms with Gasteiger partial charge in [0.15, 0.2) is 0 Å². The molecule has 1 aliphatic rings. The van der Waals surface area contributed by atoms with Crippen LogP contribution in [0, 0.1) is 0 Å². The molecular weight excluding hydrogens is 1240 g/mol. The Bertz CT molecular complexity index is 5630. The third-order valence-corrected chi connectivity index (χ3v) is 44.7. The van der Waals surface area contributed by atoms with E-state index in [-0.39, 0.29) is 0 Å². The summed E-state index contributed by atoms with van der Waals surface area (Å²) in [5, 5.41) is 40.9. The molecule has 20 aromatic carbocycles. The van der Waals surface area contributed by atoms with E-state index in [2.05, 4.69) is 306 Å². The molecular formula is C85H60O5Si5. The van der Waals surface area contributed by atoms with Crippen LogP contribution in [0.25, 0.3) is 162 Å². The van der Waals surface area contributed by atoms with Gasteiger partial charge < -0.3 is 20.6 Å². The molecule has 0 amide bonds. The van der Waals surface area contributed by atoms with Crippen LogP contribution in [0.15, 0.2) is 273 Å². The van der Waals surface area contributed by atoms with Crippen molar-refractivity contribution in [3.8, 4) is 0 Å². The highest BCUT2D eigenvalue weighted by Gasteiger charge is 2.62. The van der Waals surface area contributed by atoms with Crippen molar-refractivity contribution >= 4 is 230 Å². The average molecular weight is 1300 g/mol. The molecule has 1 saturated heterocycles. The van der Waals surface area contributed by atoms with E-state index in [1.54, 1.807) is 0 Å². The van der Waals surface area contributed by atoms with E-state index in [1.165, 1.54) is 135 Å². The molecule has 0 bridgehead atoms. The molecule has 0 atom stereocenters. The maximum Gasteiger partial charge on any atom is 0.352 e. The Hall–Kier alpha value is -9.52. The second-order valence-electron chi connectivity index (χ2n) is 27.6. The number of benzene rings is 20. The Kier molecular flexibility index (Phi) is 11.0. The van der Waals surface area contributed by atoms with Gasteiger partial charge in [0.05, 0.1) is 0 Å². The summed E-state index contributed by atoms with van der Waals surface area (Å²) in [5.74, 6) is 0. The lowest BCUT2D eigenvalue weighted by molar-refractivity contribution is 0.255. The van der Waals surface area contributed by atoms with Crippen molar-refractivity contribution in [1.29, 1.82) is 0 Å². The molecule has 0 radical (unpaired) electrons. The van der Waals surface area contributed by atoms with Gasteiger partial charge in [0, 0.05) is 25.9 Å². The second-order valence-corrected chi connectivity index (χ2v) is 43.8. The third kappa shape index (κ3) is 7.57. The predicted molar refractivity (Wildman–Crippen MR) is 412 cm³/mol. The maximum atomic E-state index is 8.92. The van der Waals surface area contributed by atoms with Crippen molar-refractivity contribution in [1.82, 2.24) is 0 Å². The van der Waals surface area contributed by atoms with Crippen LogP contribution < -0.4 is 25.9 Å². The normalized spacial score (nSPS) is 21.9. The molecule has 0 unspecified atom stereocenters. The first-order valence-electron chi connectivity index (χ1n) is 33.2. The van der Waals surface area contributed by atoms with Crippen molar-refractivity contribution in [3.05, 3.63) is 273 Å². The molecule has 0 aromatic heterocycles. The van der Waals surface area contributed by atoms with Gasteiger partial charge >= 0.3 is 42.8 Å². The smallest absolute Gasteiger partial charge is 0.352 e. The first-order valence-corrected chi connectivity index (χ1v) is 44.8. The monoisotopic (exact) mass is 1300 g/mol. The molecule has 5 nitrogen and oxygen atoms in total. The van der Waals surface area contributed by atoms with E-state index in [4.69, 9.17) is 20.6 Å². The van der Waals surface area contributed by atoms with Gasteiger partial charge in [-0.25, -0.2) is 0 Å². The molecule has 95 heavy (non-hydrogen) atoms. The highest BCUT2D eigenvalue weighted by atomic mass is 28.5. The van der Waals surface area contributed by atoms with Gasteiger partial charge in [-0.3, -0.25) is 0 Å². The fraction of sp³-hybridized carbons (Fsp3) is 0.0588. The van der Waals surface area contributed by atoms with Gasteiger partial charge in [-0.15, -0.1) is 0 Å². The van der Waals surface area contributed by atoms with Crippen LogP contribution in [-0.2, 0) is 20.6 Å². The summed E-state index contributed by atoms with van der Waals surface area (Å²) in [6.45, 7) is 11.7. The Morgan fingerprint density at radius 2 is 0.274 bits per heavy atom. The minimum Gasteiger partial charge on any atom is -0.409 e. The zero-order valence-electron chi connectivity index (χ0n) is 53.0. The lowest BCUT2D eigenvalue weighted by Crippen LogP contribution is -2.77. The van der Waals surface area contributed by atoms with Crippen LogP contribution in [0.4, 0.5) is 0 Å². The molecule has 21 rings (SSSR count). The lowest BCUT2D eigenvalue weighted by Gasteiger charge is -2.51. The molecule has 450 valence electrons. The van der Waals surface area contributed by atoms with E-state index >= 15 is 0 Å². The van der Waals surface area contributed by atoms with Crippen molar-refractivity contribution < 1.29 is 20.6 Å². The van der Waals surface area contributed by atoms with Crippen molar-refractivity contribution in [2.45, 2.75) is 32.7 Å². The summed E-state index contributed by atoms with van der Waals surface area (Å²) >= 11 is 0. The van der Waals surface area contributed by atoms with Gasteiger partial charge in [0.1, 0.15) is 0 Å². The largest absolute Gasteiger partial charge is 0.409 e. The fourth-order valence-corrected chi connectivity index (χ4v) is 45.6. The molecule has 20 aromatic rings.